The molecule has 1 aromatic carbocycles. The van der Waals surface area contributed by atoms with Gasteiger partial charge in [0, 0.05) is 36.3 Å². The van der Waals surface area contributed by atoms with Crippen molar-refractivity contribution in [3.05, 3.63) is 28.7 Å². The molecule has 1 N–H and O–H groups in total. The van der Waals surface area contributed by atoms with Gasteiger partial charge in [0.15, 0.2) is 0 Å². The van der Waals surface area contributed by atoms with E-state index in [0.29, 0.717) is 26.2 Å². The van der Waals surface area contributed by atoms with Crippen LogP contribution in [0.15, 0.2) is 28.7 Å². The minimum atomic E-state index is 0.0607. The fraction of sp³-hybridized carbons (Fsp3) is 0.385. The highest BCUT2D eigenvalue weighted by Gasteiger charge is 2.19. The standard InChI is InChI=1S/C13H16BrN3O2/c14-11-2-1-3-12(8-11)15-9-13(19)17-6-4-16(10-18)5-7-17/h1-3,8,10,15H,4-7,9H2. The molecule has 0 aliphatic carbocycles. The van der Waals surface area contributed by atoms with Gasteiger partial charge in [0.25, 0.3) is 0 Å². The molecule has 0 radical (unpaired) electrons. The normalized spacial score (nSPS) is 15.2. The molecule has 1 aliphatic heterocycles. The van der Waals surface area contributed by atoms with E-state index >= 15 is 0 Å². The molecule has 1 aromatic rings. The van der Waals surface area contributed by atoms with Crippen LogP contribution in [0.2, 0.25) is 0 Å². The zero-order valence-corrected chi connectivity index (χ0v) is 12.1. The molecular weight excluding hydrogens is 310 g/mol. The largest absolute Gasteiger partial charge is 0.376 e. The van der Waals surface area contributed by atoms with Crippen molar-refractivity contribution in [2.45, 2.75) is 0 Å². The first-order valence-electron chi connectivity index (χ1n) is 6.15. The third-order valence-corrected chi connectivity index (χ3v) is 3.58. The van der Waals surface area contributed by atoms with Crippen LogP contribution in [0, 0.1) is 0 Å². The highest BCUT2D eigenvalue weighted by Crippen LogP contribution is 2.15. The molecule has 102 valence electrons. The van der Waals surface area contributed by atoms with Gasteiger partial charge in [-0.2, -0.15) is 0 Å². The first-order chi connectivity index (χ1) is 9.19. The number of amides is 2. The summed E-state index contributed by atoms with van der Waals surface area (Å²) in [7, 11) is 0. The third kappa shape index (κ3) is 3.96. The number of piperazine rings is 1. The number of nitrogens with one attached hydrogen (secondary N) is 1. The summed E-state index contributed by atoms with van der Waals surface area (Å²) in [5.41, 5.74) is 0.911. The van der Waals surface area contributed by atoms with Crippen molar-refractivity contribution in [3.63, 3.8) is 0 Å². The average Bonchev–Trinajstić information content (AvgIpc) is 2.45. The van der Waals surface area contributed by atoms with Crippen molar-refractivity contribution in [1.29, 1.82) is 0 Å². The molecule has 0 aromatic heterocycles. The van der Waals surface area contributed by atoms with Gasteiger partial charge in [-0.3, -0.25) is 9.59 Å². The molecular formula is C13H16BrN3O2. The first-order valence-corrected chi connectivity index (χ1v) is 6.95. The van der Waals surface area contributed by atoms with Crippen LogP contribution < -0.4 is 5.32 Å². The van der Waals surface area contributed by atoms with E-state index in [-0.39, 0.29) is 12.5 Å². The molecule has 0 unspecified atom stereocenters. The summed E-state index contributed by atoms with van der Waals surface area (Å²) in [6.45, 7) is 2.73. The van der Waals surface area contributed by atoms with Gasteiger partial charge in [0.1, 0.15) is 0 Å². The van der Waals surface area contributed by atoms with E-state index in [1.54, 1.807) is 9.80 Å². The number of hydrogen-bond donors (Lipinski definition) is 1. The lowest BCUT2D eigenvalue weighted by Crippen LogP contribution is -2.49. The van der Waals surface area contributed by atoms with Crippen molar-refractivity contribution in [3.8, 4) is 0 Å². The van der Waals surface area contributed by atoms with E-state index in [1.165, 1.54) is 0 Å². The summed E-state index contributed by atoms with van der Waals surface area (Å²) >= 11 is 3.39. The van der Waals surface area contributed by atoms with Crippen LogP contribution in [0.25, 0.3) is 0 Å². The van der Waals surface area contributed by atoms with E-state index in [1.807, 2.05) is 24.3 Å². The molecule has 1 heterocycles. The third-order valence-electron chi connectivity index (χ3n) is 3.08. The minimum Gasteiger partial charge on any atom is -0.376 e. The highest BCUT2D eigenvalue weighted by atomic mass is 79.9. The number of carbonyl (C=O) groups is 2. The van der Waals surface area contributed by atoms with E-state index in [2.05, 4.69) is 21.2 Å². The van der Waals surface area contributed by atoms with Crippen LogP contribution >= 0.6 is 15.9 Å². The molecule has 0 spiro atoms. The number of hydrogen-bond acceptors (Lipinski definition) is 3. The van der Waals surface area contributed by atoms with Crippen molar-refractivity contribution in [1.82, 2.24) is 9.80 Å². The molecule has 1 fully saturated rings. The summed E-state index contributed by atoms with van der Waals surface area (Å²) in [5.74, 6) is 0.0607. The van der Waals surface area contributed by atoms with E-state index in [0.717, 1.165) is 16.6 Å². The second kappa shape index (κ2) is 6.56. The number of anilines is 1. The number of benzene rings is 1. The smallest absolute Gasteiger partial charge is 0.241 e. The lowest BCUT2D eigenvalue weighted by Gasteiger charge is -2.32. The molecule has 0 atom stereocenters. The van der Waals surface area contributed by atoms with Gasteiger partial charge in [-0.1, -0.05) is 22.0 Å². The van der Waals surface area contributed by atoms with Crippen molar-refractivity contribution in [2.24, 2.45) is 0 Å². The summed E-state index contributed by atoms with van der Waals surface area (Å²) in [4.78, 5) is 26.0. The molecule has 2 amide bonds. The number of halogens is 1. The minimum absolute atomic E-state index is 0.0607. The molecule has 19 heavy (non-hydrogen) atoms. The maximum absolute atomic E-state index is 12.0. The number of nitrogens with zero attached hydrogens (tertiary/aromatic N) is 2. The second-order valence-corrected chi connectivity index (χ2v) is 5.30. The van der Waals surface area contributed by atoms with E-state index in [4.69, 9.17) is 0 Å². The molecule has 0 bridgehead atoms. The van der Waals surface area contributed by atoms with Crippen LogP contribution in [0.1, 0.15) is 0 Å². The van der Waals surface area contributed by atoms with Crippen molar-refractivity contribution >= 4 is 33.9 Å². The van der Waals surface area contributed by atoms with Crippen molar-refractivity contribution < 1.29 is 9.59 Å². The Balaban J connectivity index is 1.80. The van der Waals surface area contributed by atoms with Gasteiger partial charge in [-0.05, 0) is 18.2 Å². The average molecular weight is 326 g/mol. The van der Waals surface area contributed by atoms with Gasteiger partial charge in [-0.25, -0.2) is 0 Å². The Morgan fingerprint density at radius 1 is 1.32 bits per heavy atom. The Hall–Kier alpha value is -1.56. The van der Waals surface area contributed by atoms with Crippen LogP contribution in [0.4, 0.5) is 5.69 Å². The first kappa shape index (κ1) is 13.9. The van der Waals surface area contributed by atoms with Crippen LogP contribution in [0.5, 0.6) is 0 Å². The predicted octanol–water partition coefficient (Wildman–Crippen LogP) is 1.16. The molecule has 2 rings (SSSR count). The zero-order valence-electron chi connectivity index (χ0n) is 10.5. The molecule has 6 heteroatoms. The fourth-order valence-electron chi connectivity index (χ4n) is 1.96. The summed E-state index contributed by atoms with van der Waals surface area (Å²) in [6, 6.07) is 7.70. The Labute approximate surface area is 120 Å². The lowest BCUT2D eigenvalue weighted by molar-refractivity contribution is -0.133. The van der Waals surface area contributed by atoms with Crippen LogP contribution in [0.3, 0.4) is 0 Å². The Morgan fingerprint density at radius 3 is 2.68 bits per heavy atom. The molecule has 0 saturated carbocycles. The monoisotopic (exact) mass is 325 g/mol. The summed E-state index contributed by atoms with van der Waals surface area (Å²) in [6.07, 6.45) is 0.835. The summed E-state index contributed by atoms with van der Waals surface area (Å²) in [5, 5.41) is 3.10. The molecule has 1 saturated heterocycles. The topological polar surface area (TPSA) is 52.7 Å². The summed E-state index contributed by atoms with van der Waals surface area (Å²) < 4.78 is 0.976. The number of rotatable bonds is 4. The Kier molecular flexibility index (Phi) is 4.79. The SMILES string of the molecule is O=CN1CCN(C(=O)CNc2cccc(Br)c2)CC1. The van der Waals surface area contributed by atoms with Gasteiger partial charge in [0.2, 0.25) is 12.3 Å². The van der Waals surface area contributed by atoms with Crippen LogP contribution in [-0.4, -0.2) is 54.8 Å². The predicted molar refractivity (Wildman–Crippen MR) is 76.8 cm³/mol. The van der Waals surface area contributed by atoms with Gasteiger partial charge >= 0.3 is 0 Å². The Bertz CT molecular complexity index is 459. The van der Waals surface area contributed by atoms with Gasteiger partial charge in [0.05, 0.1) is 6.54 Å². The molecule has 5 nitrogen and oxygen atoms in total. The molecule has 1 aliphatic rings. The fourth-order valence-corrected chi connectivity index (χ4v) is 2.36. The van der Waals surface area contributed by atoms with Gasteiger partial charge in [-0.15, -0.1) is 0 Å². The highest BCUT2D eigenvalue weighted by molar-refractivity contribution is 9.10. The van der Waals surface area contributed by atoms with Crippen molar-refractivity contribution in [2.75, 3.05) is 38.0 Å². The maximum atomic E-state index is 12.0. The van der Waals surface area contributed by atoms with E-state index in [9.17, 15) is 9.59 Å². The quantitative estimate of drug-likeness (QED) is 0.845. The van der Waals surface area contributed by atoms with Gasteiger partial charge < -0.3 is 15.1 Å². The maximum Gasteiger partial charge on any atom is 0.241 e. The van der Waals surface area contributed by atoms with Crippen LogP contribution in [-0.2, 0) is 9.59 Å². The lowest BCUT2D eigenvalue weighted by atomic mass is 10.3. The second-order valence-electron chi connectivity index (χ2n) is 4.39. The number of carbonyl (C=O) groups excluding carboxylic acids is 2. The Morgan fingerprint density at radius 2 is 2.05 bits per heavy atom. The van der Waals surface area contributed by atoms with E-state index < -0.39 is 0 Å². The zero-order chi connectivity index (χ0) is 13.7.